The molecule has 0 bridgehead atoms. The molecule has 0 atom stereocenters. The third-order valence-corrected chi connectivity index (χ3v) is 2.78. The number of halogens is 1. The maximum atomic E-state index is 9.07. The lowest BCUT2D eigenvalue weighted by molar-refractivity contribution is 0.295. The summed E-state index contributed by atoms with van der Waals surface area (Å²) in [7, 11) is 0. The number of rotatable bonds is 6. The van der Waals surface area contributed by atoms with Crippen molar-refractivity contribution in [2.24, 2.45) is 0 Å². The molecule has 0 aliphatic rings. The number of aliphatic hydroxyl groups is 1. The Hall–Kier alpha value is -0.870. The van der Waals surface area contributed by atoms with Crippen LogP contribution in [0.3, 0.4) is 0 Å². The lowest BCUT2D eigenvalue weighted by Crippen LogP contribution is -2.38. The molecule has 0 unspecified atom stereocenters. The van der Waals surface area contributed by atoms with Crippen molar-refractivity contribution in [2.45, 2.75) is 32.7 Å². The predicted molar refractivity (Wildman–Crippen MR) is 65.8 cm³/mol. The fourth-order valence-electron chi connectivity index (χ4n) is 1.74. The van der Waals surface area contributed by atoms with E-state index in [1.54, 1.807) is 12.4 Å². The van der Waals surface area contributed by atoms with Gasteiger partial charge < -0.3 is 10.0 Å². The Morgan fingerprint density at radius 3 is 2.31 bits per heavy atom. The van der Waals surface area contributed by atoms with Gasteiger partial charge >= 0.3 is 0 Å². The second-order valence-electron chi connectivity index (χ2n) is 3.59. The molecule has 0 radical (unpaired) electrons. The van der Waals surface area contributed by atoms with Crippen molar-refractivity contribution >= 4 is 17.5 Å². The number of anilines is 1. The lowest BCUT2D eigenvalue weighted by atomic mass is 10.1. The van der Waals surface area contributed by atoms with Gasteiger partial charge in [-0.3, -0.25) is 0 Å². The zero-order chi connectivity index (χ0) is 12.0. The Morgan fingerprint density at radius 1 is 1.31 bits per heavy atom. The highest BCUT2D eigenvalue weighted by atomic mass is 35.5. The molecule has 0 saturated heterocycles. The Morgan fingerprint density at radius 2 is 1.88 bits per heavy atom. The Bertz CT molecular complexity index is 301. The second-order valence-corrected chi connectivity index (χ2v) is 4.03. The van der Waals surface area contributed by atoms with Gasteiger partial charge in [0.2, 0.25) is 5.95 Å². The van der Waals surface area contributed by atoms with Crippen LogP contribution in [0, 0.1) is 0 Å². The average molecular weight is 244 g/mol. The van der Waals surface area contributed by atoms with Crippen molar-refractivity contribution in [1.82, 2.24) is 9.97 Å². The van der Waals surface area contributed by atoms with Gasteiger partial charge in [-0.25, -0.2) is 9.97 Å². The molecule has 1 rings (SSSR count). The van der Waals surface area contributed by atoms with E-state index in [2.05, 4.69) is 23.8 Å². The first-order valence-corrected chi connectivity index (χ1v) is 5.95. The van der Waals surface area contributed by atoms with Gasteiger partial charge in [0.25, 0.3) is 0 Å². The second kappa shape index (κ2) is 6.66. The molecule has 1 aromatic heterocycles. The minimum atomic E-state index is 0.0997. The summed E-state index contributed by atoms with van der Waals surface area (Å²) >= 11 is 5.75. The van der Waals surface area contributed by atoms with Crippen LogP contribution in [-0.4, -0.2) is 34.3 Å². The molecule has 0 fully saturated rings. The summed E-state index contributed by atoms with van der Waals surface area (Å²) < 4.78 is 0. The molecule has 1 N–H and O–H groups in total. The summed E-state index contributed by atoms with van der Waals surface area (Å²) in [5.41, 5.74) is 0. The first-order valence-electron chi connectivity index (χ1n) is 5.57. The van der Waals surface area contributed by atoms with E-state index < -0.39 is 0 Å². The van der Waals surface area contributed by atoms with Crippen molar-refractivity contribution in [3.8, 4) is 0 Å². The lowest BCUT2D eigenvalue weighted by Gasteiger charge is -2.29. The molecule has 90 valence electrons. The van der Waals surface area contributed by atoms with Crippen molar-refractivity contribution in [2.75, 3.05) is 18.1 Å². The fourth-order valence-corrected chi connectivity index (χ4v) is 1.83. The van der Waals surface area contributed by atoms with Crippen LogP contribution in [0.25, 0.3) is 0 Å². The predicted octanol–water partition coefficient (Wildman–Crippen LogP) is 2.12. The largest absolute Gasteiger partial charge is 0.395 e. The Balaban J connectivity index is 2.87. The number of nitrogens with zero attached hydrogens (tertiary/aromatic N) is 3. The van der Waals surface area contributed by atoms with Gasteiger partial charge in [0.05, 0.1) is 24.0 Å². The maximum absolute atomic E-state index is 9.07. The van der Waals surface area contributed by atoms with Gasteiger partial charge in [-0.1, -0.05) is 25.4 Å². The minimum absolute atomic E-state index is 0.0997. The molecule has 16 heavy (non-hydrogen) atoms. The van der Waals surface area contributed by atoms with Gasteiger partial charge in [0.1, 0.15) is 0 Å². The van der Waals surface area contributed by atoms with Gasteiger partial charge in [-0.15, -0.1) is 0 Å². The van der Waals surface area contributed by atoms with Gasteiger partial charge in [-0.05, 0) is 12.8 Å². The summed E-state index contributed by atoms with van der Waals surface area (Å²) in [6.07, 6.45) is 5.16. The van der Waals surface area contributed by atoms with E-state index in [1.807, 2.05) is 4.90 Å². The number of hydrogen-bond acceptors (Lipinski definition) is 4. The highest BCUT2D eigenvalue weighted by molar-refractivity contribution is 6.30. The summed E-state index contributed by atoms with van der Waals surface area (Å²) in [5, 5.41) is 9.59. The molecule has 5 heteroatoms. The van der Waals surface area contributed by atoms with Gasteiger partial charge in [-0.2, -0.15) is 0 Å². The van der Waals surface area contributed by atoms with Crippen LogP contribution in [0.1, 0.15) is 26.7 Å². The standard InChI is InChI=1S/C11H18ClN3O/c1-3-10(4-2)15(5-6-16)11-13-7-9(12)8-14-11/h7-8,10,16H,3-6H2,1-2H3. The molecule has 0 spiro atoms. The molecule has 0 aromatic carbocycles. The Kier molecular flexibility index (Phi) is 5.49. The first kappa shape index (κ1) is 13.2. The van der Waals surface area contributed by atoms with E-state index >= 15 is 0 Å². The molecule has 1 aromatic rings. The molecular formula is C11H18ClN3O. The number of aromatic nitrogens is 2. The van der Waals surface area contributed by atoms with Crippen LogP contribution >= 0.6 is 11.6 Å². The molecule has 0 saturated carbocycles. The van der Waals surface area contributed by atoms with E-state index in [-0.39, 0.29) is 6.61 Å². The van der Waals surface area contributed by atoms with Crippen molar-refractivity contribution in [1.29, 1.82) is 0 Å². The van der Waals surface area contributed by atoms with Crippen LogP contribution in [-0.2, 0) is 0 Å². The topological polar surface area (TPSA) is 49.2 Å². The maximum Gasteiger partial charge on any atom is 0.225 e. The monoisotopic (exact) mass is 243 g/mol. The molecular weight excluding hydrogens is 226 g/mol. The van der Waals surface area contributed by atoms with Crippen LogP contribution in [0.4, 0.5) is 5.95 Å². The number of aliphatic hydroxyl groups excluding tert-OH is 1. The SMILES string of the molecule is CCC(CC)N(CCO)c1ncc(Cl)cn1. The summed E-state index contributed by atoms with van der Waals surface area (Å²) in [6, 6.07) is 0.355. The third kappa shape index (κ3) is 3.32. The highest BCUT2D eigenvalue weighted by Gasteiger charge is 2.17. The van der Waals surface area contributed by atoms with E-state index in [9.17, 15) is 0 Å². The quantitative estimate of drug-likeness (QED) is 0.832. The van der Waals surface area contributed by atoms with Crippen molar-refractivity contribution in [3.63, 3.8) is 0 Å². The molecule has 0 aliphatic carbocycles. The third-order valence-electron chi connectivity index (χ3n) is 2.59. The van der Waals surface area contributed by atoms with Crippen molar-refractivity contribution in [3.05, 3.63) is 17.4 Å². The highest BCUT2D eigenvalue weighted by Crippen LogP contribution is 2.16. The summed E-state index contributed by atoms with van der Waals surface area (Å²) in [6.45, 7) is 4.89. The van der Waals surface area contributed by atoms with Crippen molar-refractivity contribution < 1.29 is 5.11 Å². The normalized spacial score (nSPS) is 10.8. The Labute approximate surface area is 101 Å². The minimum Gasteiger partial charge on any atom is -0.395 e. The van der Waals surface area contributed by atoms with Crippen LogP contribution in [0.5, 0.6) is 0 Å². The molecule has 0 aliphatic heterocycles. The van der Waals surface area contributed by atoms with Crippen LogP contribution in [0.2, 0.25) is 5.02 Å². The summed E-state index contributed by atoms with van der Waals surface area (Å²) in [4.78, 5) is 10.4. The number of hydrogen-bond donors (Lipinski definition) is 1. The average Bonchev–Trinajstić information content (AvgIpc) is 2.31. The zero-order valence-electron chi connectivity index (χ0n) is 9.73. The zero-order valence-corrected chi connectivity index (χ0v) is 10.5. The molecule has 1 heterocycles. The van der Waals surface area contributed by atoms with Gasteiger partial charge in [0, 0.05) is 12.6 Å². The van der Waals surface area contributed by atoms with E-state index in [0.717, 1.165) is 12.8 Å². The first-order chi connectivity index (χ1) is 7.72. The van der Waals surface area contributed by atoms with E-state index in [0.29, 0.717) is 23.6 Å². The molecule has 4 nitrogen and oxygen atoms in total. The summed E-state index contributed by atoms with van der Waals surface area (Å²) in [5.74, 6) is 0.632. The van der Waals surface area contributed by atoms with Crippen LogP contribution in [0.15, 0.2) is 12.4 Å². The van der Waals surface area contributed by atoms with Crippen LogP contribution < -0.4 is 4.90 Å². The smallest absolute Gasteiger partial charge is 0.225 e. The van der Waals surface area contributed by atoms with Gasteiger partial charge in [0.15, 0.2) is 0 Å². The van der Waals surface area contributed by atoms with E-state index in [4.69, 9.17) is 16.7 Å². The fraction of sp³-hybridized carbons (Fsp3) is 0.636. The van der Waals surface area contributed by atoms with E-state index in [1.165, 1.54) is 0 Å². The molecule has 0 amide bonds.